The summed E-state index contributed by atoms with van der Waals surface area (Å²) in [7, 11) is 0. The van der Waals surface area contributed by atoms with Gasteiger partial charge < -0.3 is 4.90 Å². The van der Waals surface area contributed by atoms with E-state index in [1.54, 1.807) is 0 Å². The molecule has 1 nitrogen and oxygen atoms in total. The van der Waals surface area contributed by atoms with E-state index >= 15 is 0 Å². The van der Waals surface area contributed by atoms with Crippen LogP contribution in [-0.4, -0.2) is 24.2 Å². The van der Waals surface area contributed by atoms with E-state index in [0.717, 1.165) is 24.2 Å². The topological polar surface area (TPSA) is 3.24 Å². The second-order valence-corrected chi connectivity index (χ2v) is 5.37. The van der Waals surface area contributed by atoms with Crippen molar-refractivity contribution in [3.63, 3.8) is 0 Å². The van der Waals surface area contributed by atoms with Crippen LogP contribution in [0.3, 0.4) is 0 Å². The molecule has 0 spiro atoms. The molecule has 0 radical (unpaired) electrons. The van der Waals surface area contributed by atoms with Crippen molar-refractivity contribution in [2.75, 3.05) is 13.1 Å². The maximum atomic E-state index is 13.4. The molecule has 1 heterocycles. The van der Waals surface area contributed by atoms with Crippen LogP contribution in [0.2, 0.25) is 0 Å². The molecule has 0 aliphatic carbocycles. The summed E-state index contributed by atoms with van der Waals surface area (Å²) in [6, 6.07) is 4.32. The Labute approximate surface area is 109 Å². The molecule has 1 aliphatic rings. The molecule has 0 amide bonds. The molecule has 2 rings (SSSR count). The first kappa shape index (κ1) is 13.1. The molecule has 1 aromatic carbocycles. The van der Waals surface area contributed by atoms with E-state index in [4.69, 9.17) is 0 Å². The molecule has 0 aromatic heterocycles. The summed E-state index contributed by atoms with van der Waals surface area (Å²) in [5.74, 6) is 0. The second kappa shape index (κ2) is 5.13. The van der Waals surface area contributed by atoms with Gasteiger partial charge in [0.05, 0.1) is 0 Å². The van der Waals surface area contributed by atoms with Crippen LogP contribution in [0.25, 0.3) is 5.70 Å². The number of nitrogens with zero attached hydrogens (tertiary/aromatic N) is 1. The van der Waals surface area contributed by atoms with Gasteiger partial charge in [0.1, 0.15) is 6.17 Å². The molecule has 98 valence electrons. The Morgan fingerprint density at radius 3 is 2.44 bits per heavy atom. The van der Waals surface area contributed by atoms with Crippen molar-refractivity contribution in [1.82, 2.24) is 4.90 Å². The van der Waals surface area contributed by atoms with Gasteiger partial charge >= 0.3 is 0 Å². The largest absolute Gasteiger partial charge is 0.369 e. The zero-order valence-electron chi connectivity index (χ0n) is 11.6. The summed E-state index contributed by atoms with van der Waals surface area (Å²) in [5, 5.41) is 0. The van der Waals surface area contributed by atoms with Crippen molar-refractivity contribution < 1.29 is 4.39 Å². The molecule has 1 aliphatic heterocycles. The average Bonchev–Trinajstić information content (AvgIpc) is 2.34. The summed E-state index contributed by atoms with van der Waals surface area (Å²) < 4.78 is 13.4. The van der Waals surface area contributed by atoms with Gasteiger partial charge in [-0.1, -0.05) is 6.58 Å². The zero-order valence-corrected chi connectivity index (χ0v) is 11.6. The number of hydrogen-bond donors (Lipinski definition) is 0. The van der Waals surface area contributed by atoms with Crippen molar-refractivity contribution in [2.45, 2.75) is 39.8 Å². The monoisotopic (exact) mass is 247 g/mol. The third kappa shape index (κ3) is 2.58. The van der Waals surface area contributed by atoms with Gasteiger partial charge in [-0.3, -0.25) is 0 Å². The SMILES string of the molecule is C=C(c1cc(C)c(C)c(C)c1)N1CCCC(F)C1. The Morgan fingerprint density at radius 2 is 1.89 bits per heavy atom. The fourth-order valence-electron chi connectivity index (χ4n) is 2.56. The summed E-state index contributed by atoms with van der Waals surface area (Å²) in [6.45, 7) is 11.9. The third-order valence-electron chi connectivity index (χ3n) is 4.01. The summed E-state index contributed by atoms with van der Waals surface area (Å²) in [4.78, 5) is 2.08. The number of halogens is 1. The van der Waals surface area contributed by atoms with E-state index in [2.05, 4.69) is 44.4 Å². The highest BCUT2D eigenvalue weighted by atomic mass is 19.1. The molecule has 1 atom stereocenters. The van der Waals surface area contributed by atoms with Gasteiger partial charge in [0.2, 0.25) is 0 Å². The molecular formula is C16H22FN. The minimum absolute atomic E-state index is 0.491. The van der Waals surface area contributed by atoms with Gasteiger partial charge in [-0.2, -0.15) is 0 Å². The van der Waals surface area contributed by atoms with E-state index < -0.39 is 6.17 Å². The number of aryl methyl sites for hydroxylation is 2. The predicted octanol–water partition coefficient (Wildman–Crippen LogP) is 4.02. The first-order chi connectivity index (χ1) is 8.49. The van der Waals surface area contributed by atoms with Crippen LogP contribution >= 0.6 is 0 Å². The summed E-state index contributed by atoms with van der Waals surface area (Å²) in [6.07, 6.45) is 0.905. The highest BCUT2D eigenvalue weighted by molar-refractivity contribution is 5.64. The number of hydrogen-bond acceptors (Lipinski definition) is 1. The zero-order chi connectivity index (χ0) is 13.3. The van der Waals surface area contributed by atoms with E-state index in [0.29, 0.717) is 13.0 Å². The molecule has 0 bridgehead atoms. The Bertz CT molecular complexity index is 441. The molecule has 18 heavy (non-hydrogen) atoms. The van der Waals surface area contributed by atoms with Crippen LogP contribution in [0.15, 0.2) is 18.7 Å². The Kier molecular flexibility index (Phi) is 3.74. The number of likely N-dealkylation sites (tertiary alicyclic amines) is 1. The lowest BCUT2D eigenvalue weighted by molar-refractivity contribution is 0.188. The molecule has 1 saturated heterocycles. The van der Waals surface area contributed by atoms with Crippen molar-refractivity contribution in [2.24, 2.45) is 0 Å². The van der Waals surface area contributed by atoms with Gasteiger partial charge in [-0.15, -0.1) is 0 Å². The van der Waals surface area contributed by atoms with Crippen molar-refractivity contribution in [3.05, 3.63) is 41.0 Å². The first-order valence-electron chi connectivity index (χ1n) is 6.65. The van der Waals surface area contributed by atoms with Crippen LogP contribution in [0.4, 0.5) is 4.39 Å². The minimum Gasteiger partial charge on any atom is -0.369 e. The quantitative estimate of drug-likeness (QED) is 0.763. The highest BCUT2D eigenvalue weighted by Gasteiger charge is 2.21. The Hall–Kier alpha value is -1.31. The van der Waals surface area contributed by atoms with Gasteiger partial charge in [0.15, 0.2) is 0 Å². The number of alkyl halides is 1. The molecule has 0 N–H and O–H groups in total. The maximum absolute atomic E-state index is 13.4. The van der Waals surface area contributed by atoms with E-state index in [-0.39, 0.29) is 0 Å². The molecule has 2 heteroatoms. The Morgan fingerprint density at radius 1 is 1.28 bits per heavy atom. The van der Waals surface area contributed by atoms with Gasteiger partial charge in [0.25, 0.3) is 0 Å². The fraction of sp³-hybridized carbons (Fsp3) is 0.500. The lowest BCUT2D eigenvalue weighted by Gasteiger charge is -2.32. The van der Waals surface area contributed by atoms with Crippen molar-refractivity contribution >= 4 is 5.70 Å². The van der Waals surface area contributed by atoms with E-state index in [1.165, 1.54) is 16.7 Å². The first-order valence-corrected chi connectivity index (χ1v) is 6.65. The summed E-state index contributed by atoms with van der Waals surface area (Å²) >= 11 is 0. The van der Waals surface area contributed by atoms with E-state index in [9.17, 15) is 4.39 Å². The number of rotatable bonds is 2. The normalized spacial score (nSPS) is 20.0. The molecule has 1 aromatic rings. The predicted molar refractivity (Wildman–Crippen MR) is 75.4 cm³/mol. The lowest BCUT2D eigenvalue weighted by Crippen LogP contribution is -2.34. The lowest BCUT2D eigenvalue weighted by atomic mass is 9.98. The Balaban J connectivity index is 2.23. The van der Waals surface area contributed by atoms with Crippen LogP contribution in [0, 0.1) is 20.8 Å². The molecular weight excluding hydrogens is 225 g/mol. The van der Waals surface area contributed by atoms with Gasteiger partial charge in [-0.25, -0.2) is 4.39 Å². The maximum Gasteiger partial charge on any atom is 0.118 e. The second-order valence-electron chi connectivity index (χ2n) is 5.37. The molecule has 1 unspecified atom stereocenters. The fourth-order valence-corrected chi connectivity index (χ4v) is 2.56. The van der Waals surface area contributed by atoms with Crippen LogP contribution in [-0.2, 0) is 0 Å². The van der Waals surface area contributed by atoms with Crippen LogP contribution in [0.5, 0.6) is 0 Å². The van der Waals surface area contributed by atoms with Crippen molar-refractivity contribution in [1.29, 1.82) is 0 Å². The van der Waals surface area contributed by atoms with Crippen LogP contribution < -0.4 is 0 Å². The molecule has 0 saturated carbocycles. The van der Waals surface area contributed by atoms with Gasteiger partial charge in [-0.05, 0) is 68.0 Å². The third-order valence-corrected chi connectivity index (χ3v) is 4.01. The smallest absolute Gasteiger partial charge is 0.118 e. The minimum atomic E-state index is -0.705. The number of benzene rings is 1. The average molecular weight is 247 g/mol. The highest BCUT2D eigenvalue weighted by Crippen LogP contribution is 2.26. The standard InChI is InChI=1S/C16H22FN/c1-11-8-15(9-12(2)13(11)3)14(4)18-7-5-6-16(17)10-18/h8-9,16H,4-7,10H2,1-3H3. The van der Waals surface area contributed by atoms with E-state index in [1.807, 2.05) is 0 Å². The van der Waals surface area contributed by atoms with Crippen LogP contribution in [0.1, 0.15) is 35.1 Å². The van der Waals surface area contributed by atoms with Crippen molar-refractivity contribution in [3.8, 4) is 0 Å². The summed E-state index contributed by atoms with van der Waals surface area (Å²) in [5.41, 5.74) is 5.97. The van der Waals surface area contributed by atoms with Gasteiger partial charge in [0, 0.05) is 18.8 Å². The number of piperidine rings is 1. The molecule has 1 fully saturated rings.